The van der Waals surface area contributed by atoms with E-state index in [-0.39, 0.29) is 12.4 Å². The first-order valence-corrected chi connectivity index (χ1v) is 5.94. The van der Waals surface area contributed by atoms with Gasteiger partial charge in [-0.15, -0.1) is 12.4 Å². The zero-order chi connectivity index (χ0) is 11.5. The van der Waals surface area contributed by atoms with Crippen LogP contribution in [0, 0.1) is 5.92 Å². The average molecular weight is 261 g/mol. The van der Waals surface area contributed by atoms with E-state index < -0.39 is 0 Å². The number of aromatic nitrogens is 2. The molecule has 1 fully saturated rings. The highest BCUT2D eigenvalue weighted by molar-refractivity contribution is 5.85. The van der Waals surface area contributed by atoms with Crippen LogP contribution in [0.4, 0.5) is 0 Å². The molecule has 1 aromatic rings. The molecule has 2 unspecified atom stereocenters. The number of nitrogens with two attached hydrogens (primary N) is 1. The van der Waals surface area contributed by atoms with Crippen molar-refractivity contribution in [2.75, 3.05) is 6.54 Å². The van der Waals surface area contributed by atoms with Crippen molar-refractivity contribution in [3.05, 3.63) is 11.7 Å². The molecule has 0 saturated carbocycles. The van der Waals surface area contributed by atoms with E-state index in [9.17, 15) is 0 Å². The predicted molar refractivity (Wildman–Crippen MR) is 67.7 cm³/mol. The van der Waals surface area contributed by atoms with Gasteiger partial charge >= 0.3 is 0 Å². The van der Waals surface area contributed by atoms with Crippen LogP contribution in [0.2, 0.25) is 0 Å². The van der Waals surface area contributed by atoms with E-state index in [1.165, 1.54) is 12.8 Å². The minimum Gasteiger partial charge on any atom is -0.338 e. The Morgan fingerprint density at radius 1 is 1.41 bits per heavy atom. The third-order valence-electron chi connectivity index (χ3n) is 3.28. The van der Waals surface area contributed by atoms with Crippen molar-refractivity contribution in [3.8, 4) is 0 Å². The van der Waals surface area contributed by atoms with Gasteiger partial charge in [0, 0.05) is 12.6 Å². The van der Waals surface area contributed by atoms with Gasteiger partial charge in [0.05, 0.1) is 13.1 Å². The molecule has 0 spiro atoms. The number of halogens is 1. The summed E-state index contributed by atoms with van der Waals surface area (Å²) in [6.45, 7) is 6.76. The maximum atomic E-state index is 5.44. The second-order valence-electron chi connectivity index (χ2n) is 4.77. The minimum absolute atomic E-state index is 0. The molecule has 2 heterocycles. The SMILES string of the molecule is CC1CCC(C)N(Cc2noc(CN)n2)C1.Cl. The van der Waals surface area contributed by atoms with Gasteiger partial charge in [-0.05, 0) is 25.7 Å². The Morgan fingerprint density at radius 3 is 2.82 bits per heavy atom. The van der Waals surface area contributed by atoms with Gasteiger partial charge in [0.15, 0.2) is 5.82 Å². The lowest BCUT2D eigenvalue weighted by atomic mass is 9.95. The molecule has 1 saturated heterocycles. The Labute approximate surface area is 108 Å². The molecule has 2 atom stereocenters. The summed E-state index contributed by atoms with van der Waals surface area (Å²) < 4.78 is 5.00. The molecule has 2 rings (SSSR count). The summed E-state index contributed by atoms with van der Waals surface area (Å²) in [5.74, 6) is 2.03. The van der Waals surface area contributed by atoms with E-state index in [1.54, 1.807) is 0 Å². The highest BCUT2D eigenvalue weighted by Gasteiger charge is 2.24. The normalized spacial score (nSPS) is 25.6. The largest absolute Gasteiger partial charge is 0.338 e. The van der Waals surface area contributed by atoms with Crippen LogP contribution in [0.5, 0.6) is 0 Å². The van der Waals surface area contributed by atoms with Gasteiger partial charge in [-0.2, -0.15) is 4.98 Å². The van der Waals surface area contributed by atoms with Gasteiger partial charge in [0.2, 0.25) is 5.89 Å². The Bertz CT molecular complexity index is 344. The number of nitrogens with zero attached hydrogens (tertiary/aromatic N) is 3. The number of hydrogen-bond donors (Lipinski definition) is 1. The third-order valence-corrected chi connectivity index (χ3v) is 3.28. The number of hydrogen-bond acceptors (Lipinski definition) is 5. The van der Waals surface area contributed by atoms with Gasteiger partial charge in [0.1, 0.15) is 0 Å². The number of likely N-dealkylation sites (tertiary alicyclic amines) is 1. The van der Waals surface area contributed by atoms with Crippen LogP contribution in [0.25, 0.3) is 0 Å². The summed E-state index contributed by atoms with van der Waals surface area (Å²) in [5.41, 5.74) is 5.44. The van der Waals surface area contributed by atoms with Crippen LogP contribution >= 0.6 is 12.4 Å². The topological polar surface area (TPSA) is 68.2 Å². The third kappa shape index (κ3) is 3.66. The molecular weight excluding hydrogens is 240 g/mol. The Balaban J connectivity index is 0.00000144. The monoisotopic (exact) mass is 260 g/mol. The van der Waals surface area contributed by atoms with Crippen molar-refractivity contribution in [1.29, 1.82) is 0 Å². The molecule has 0 bridgehead atoms. The molecule has 6 heteroatoms. The summed E-state index contributed by atoms with van der Waals surface area (Å²) in [6.07, 6.45) is 2.57. The molecule has 0 aromatic carbocycles. The van der Waals surface area contributed by atoms with Crippen molar-refractivity contribution in [2.24, 2.45) is 11.7 Å². The van der Waals surface area contributed by atoms with Crippen LogP contribution in [-0.4, -0.2) is 27.6 Å². The first kappa shape index (κ1) is 14.4. The summed E-state index contributed by atoms with van der Waals surface area (Å²) in [6, 6.07) is 0.607. The van der Waals surface area contributed by atoms with E-state index in [0.29, 0.717) is 18.5 Å². The van der Waals surface area contributed by atoms with Gasteiger partial charge in [0.25, 0.3) is 0 Å². The molecule has 1 aliphatic rings. The Kier molecular flexibility index (Phi) is 5.36. The minimum atomic E-state index is 0. The second-order valence-corrected chi connectivity index (χ2v) is 4.77. The van der Waals surface area contributed by atoms with Gasteiger partial charge in [-0.3, -0.25) is 4.90 Å². The quantitative estimate of drug-likeness (QED) is 0.894. The van der Waals surface area contributed by atoms with Crippen molar-refractivity contribution >= 4 is 12.4 Å². The summed E-state index contributed by atoms with van der Waals surface area (Å²) in [4.78, 5) is 6.65. The summed E-state index contributed by atoms with van der Waals surface area (Å²) in [5, 5.41) is 3.93. The molecule has 0 radical (unpaired) electrons. The average Bonchev–Trinajstić information content (AvgIpc) is 2.71. The Hall–Kier alpha value is -0.650. The first-order chi connectivity index (χ1) is 7.69. The van der Waals surface area contributed by atoms with Crippen LogP contribution in [-0.2, 0) is 13.1 Å². The van der Waals surface area contributed by atoms with Crippen LogP contribution < -0.4 is 5.73 Å². The maximum absolute atomic E-state index is 5.44. The molecular formula is C11H21ClN4O. The van der Waals surface area contributed by atoms with E-state index >= 15 is 0 Å². The van der Waals surface area contributed by atoms with Gasteiger partial charge in [-0.1, -0.05) is 12.1 Å². The zero-order valence-corrected chi connectivity index (χ0v) is 11.2. The molecule has 0 amide bonds. The van der Waals surface area contributed by atoms with Gasteiger partial charge < -0.3 is 10.3 Å². The smallest absolute Gasteiger partial charge is 0.240 e. The zero-order valence-electron chi connectivity index (χ0n) is 10.4. The lowest BCUT2D eigenvalue weighted by Gasteiger charge is -2.35. The fourth-order valence-electron chi connectivity index (χ4n) is 2.22. The number of piperidine rings is 1. The lowest BCUT2D eigenvalue weighted by Crippen LogP contribution is -2.40. The molecule has 0 aliphatic carbocycles. The van der Waals surface area contributed by atoms with Crippen molar-refractivity contribution in [2.45, 2.75) is 45.8 Å². The summed E-state index contributed by atoms with van der Waals surface area (Å²) >= 11 is 0. The van der Waals surface area contributed by atoms with E-state index in [0.717, 1.165) is 24.8 Å². The molecule has 1 aliphatic heterocycles. The maximum Gasteiger partial charge on any atom is 0.240 e. The Morgan fingerprint density at radius 2 is 2.18 bits per heavy atom. The highest BCUT2D eigenvalue weighted by atomic mass is 35.5. The standard InChI is InChI=1S/C11H20N4O.ClH/c1-8-3-4-9(2)15(6-8)7-10-13-11(5-12)16-14-10;/h8-9H,3-7,12H2,1-2H3;1H. The van der Waals surface area contributed by atoms with Crippen molar-refractivity contribution < 1.29 is 4.52 Å². The molecule has 5 nitrogen and oxygen atoms in total. The van der Waals surface area contributed by atoms with Crippen LogP contribution in [0.1, 0.15) is 38.4 Å². The van der Waals surface area contributed by atoms with Crippen LogP contribution in [0.15, 0.2) is 4.52 Å². The lowest BCUT2D eigenvalue weighted by molar-refractivity contribution is 0.113. The van der Waals surface area contributed by atoms with Crippen LogP contribution in [0.3, 0.4) is 0 Å². The van der Waals surface area contributed by atoms with E-state index in [1.807, 2.05) is 0 Å². The van der Waals surface area contributed by atoms with E-state index in [2.05, 4.69) is 28.9 Å². The highest BCUT2D eigenvalue weighted by Crippen LogP contribution is 2.22. The van der Waals surface area contributed by atoms with E-state index in [4.69, 9.17) is 10.3 Å². The van der Waals surface area contributed by atoms with Crippen molar-refractivity contribution in [1.82, 2.24) is 15.0 Å². The first-order valence-electron chi connectivity index (χ1n) is 5.94. The summed E-state index contributed by atoms with van der Waals surface area (Å²) in [7, 11) is 0. The second kappa shape index (κ2) is 6.33. The fraction of sp³-hybridized carbons (Fsp3) is 0.818. The van der Waals surface area contributed by atoms with Gasteiger partial charge in [-0.25, -0.2) is 0 Å². The molecule has 1 aromatic heterocycles. The fourth-order valence-corrected chi connectivity index (χ4v) is 2.22. The number of rotatable bonds is 3. The van der Waals surface area contributed by atoms with Crippen molar-refractivity contribution in [3.63, 3.8) is 0 Å². The molecule has 98 valence electrons. The predicted octanol–water partition coefficient (Wildman–Crippen LogP) is 1.57. The molecule has 2 N–H and O–H groups in total. The molecule has 17 heavy (non-hydrogen) atoms.